The Hall–Kier alpha value is -2.96. The summed E-state index contributed by atoms with van der Waals surface area (Å²) in [5, 5.41) is 0.626. The lowest BCUT2D eigenvalue weighted by Crippen LogP contribution is -2.46. The first-order valence-electron chi connectivity index (χ1n) is 11.3. The van der Waals surface area contributed by atoms with Crippen LogP contribution in [0.1, 0.15) is 17.0 Å². The number of hydrogen-bond donors (Lipinski definition) is 0. The molecule has 4 aromatic rings. The summed E-state index contributed by atoms with van der Waals surface area (Å²) in [7, 11) is 0. The van der Waals surface area contributed by atoms with Gasteiger partial charge in [-0.05, 0) is 55.8 Å². The molecule has 1 aliphatic heterocycles. The van der Waals surface area contributed by atoms with E-state index in [1.807, 2.05) is 49.4 Å². The number of nitrogens with zero attached hydrogens (tertiary/aromatic N) is 4. The lowest BCUT2D eigenvalue weighted by atomic mass is 10.1. The van der Waals surface area contributed by atoms with E-state index in [2.05, 4.69) is 56.9 Å². The van der Waals surface area contributed by atoms with Crippen molar-refractivity contribution in [3.05, 3.63) is 98.5 Å². The third kappa shape index (κ3) is 4.45. The molecule has 0 N–H and O–H groups in total. The van der Waals surface area contributed by atoms with Crippen molar-refractivity contribution in [2.24, 2.45) is 0 Å². The van der Waals surface area contributed by atoms with Crippen molar-refractivity contribution in [3.8, 4) is 5.69 Å². The molecule has 0 saturated carbocycles. The number of benzene rings is 3. The zero-order valence-corrected chi connectivity index (χ0v) is 20.5. The van der Waals surface area contributed by atoms with Gasteiger partial charge in [-0.2, -0.15) is 0 Å². The molecule has 3 aromatic carbocycles. The van der Waals surface area contributed by atoms with E-state index in [4.69, 9.17) is 4.98 Å². The van der Waals surface area contributed by atoms with Crippen LogP contribution >= 0.6 is 15.9 Å². The Bertz CT molecular complexity index is 1360. The monoisotopic (exact) mass is 502 g/mol. The minimum absolute atomic E-state index is 0.0242. The predicted octanol–water partition coefficient (Wildman–Crippen LogP) is 5.09. The summed E-state index contributed by atoms with van der Waals surface area (Å²) in [5.41, 5.74) is 5.21. The van der Waals surface area contributed by atoms with Crippen LogP contribution in [-0.2, 0) is 6.54 Å². The van der Waals surface area contributed by atoms with Crippen molar-refractivity contribution in [1.29, 1.82) is 0 Å². The van der Waals surface area contributed by atoms with Crippen LogP contribution in [0.4, 0.5) is 5.69 Å². The molecule has 33 heavy (non-hydrogen) atoms. The quantitative estimate of drug-likeness (QED) is 0.389. The van der Waals surface area contributed by atoms with Crippen LogP contribution in [0.5, 0.6) is 0 Å². The molecule has 0 aliphatic carbocycles. The molecule has 5 rings (SSSR count). The third-order valence-electron chi connectivity index (χ3n) is 6.39. The highest BCUT2D eigenvalue weighted by Gasteiger charge is 2.21. The topological polar surface area (TPSA) is 41.4 Å². The number of aryl methyl sites for hydroxylation is 2. The zero-order chi connectivity index (χ0) is 22.9. The standard InChI is InChI=1S/C27H27BrN4O/c1-19-7-10-22(11-8-19)31-15-13-30(14-16-31)18-26-29-24-12-9-21(28)17-23(24)27(33)32(26)25-6-4-3-5-20(25)2/h3-12,17H,13-16,18H2,1-2H3. The van der Waals surface area contributed by atoms with Gasteiger partial charge in [0.05, 0.1) is 23.1 Å². The molecule has 1 aromatic heterocycles. The van der Waals surface area contributed by atoms with E-state index in [1.165, 1.54) is 11.3 Å². The maximum Gasteiger partial charge on any atom is 0.266 e. The molecule has 5 nitrogen and oxygen atoms in total. The SMILES string of the molecule is Cc1ccc(N2CCN(Cc3nc4ccc(Br)cc4c(=O)n3-c3ccccc3C)CC2)cc1. The van der Waals surface area contributed by atoms with Gasteiger partial charge < -0.3 is 4.90 Å². The number of halogens is 1. The molecule has 0 spiro atoms. The second-order valence-corrected chi connectivity index (χ2v) is 9.63. The van der Waals surface area contributed by atoms with Crippen LogP contribution in [0.3, 0.4) is 0 Å². The van der Waals surface area contributed by atoms with E-state index in [1.54, 1.807) is 4.57 Å². The lowest BCUT2D eigenvalue weighted by molar-refractivity contribution is 0.242. The van der Waals surface area contributed by atoms with E-state index in [-0.39, 0.29) is 5.56 Å². The highest BCUT2D eigenvalue weighted by Crippen LogP contribution is 2.22. The molecule has 0 amide bonds. The van der Waals surface area contributed by atoms with Crippen LogP contribution in [0.2, 0.25) is 0 Å². The van der Waals surface area contributed by atoms with Crippen molar-refractivity contribution >= 4 is 32.5 Å². The smallest absolute Gasteiger partial charge is 0.266 e. The van der Waals surface area contributed by atoms with Crippen molar-refractivity contribution in [2.45, 2.75) is 20.4 Å². The van der Waals surface area contributed by atoms with Crippen molar-refractivity contribution in [1.82, 2.24) is 14.5 Å². The molecule has 1 fully saturated rings. The van der Waals surface area contributed by atoms with Gasteiger partial charge in [0.15, 0.2) is 0 Å². The largest absolute Gasteiger partial charge is 0.369 e. The maximum atomic E-state index is 13.6. The van der Waals surface area contributed by atoms with Gasteiger partial charge in [0, 0.05) is 36.3 Å². The Morgan fingerprint density at radius 3 is 2.36 bits per heavy atom. The second kappa shape index (κ2) is 9.12. The normalized spacial score (nSPS) is 14.7. The van der Waals surface area contributed by atoms with E-state index in [0.717, 1.165) is 53.2 Å². The highest BCUT2D eigenvalue weighted by molar-refractivity contribution is 9.10. The minimum atomic E-state index is -0.0242. The third-order valence-corrected chi connectivity index (χ3v) is 6.89. The molecule has 168 valence electrons. The molecule has 1 aliphatic rings. The van der Waals surface area contributed by atoms with Crippen LogP contribution in [0.15, 0.2) is 76.0 Å². The number of hydrogen-bond acceptors (Lipinski definition) is 4. The summed E-state index contributed by atoms with van der Waals surface area (Å²) in [6.07, 6.45) is 0. The molecule has 0 bridgehead atoms. The first kappa shape index (κ1) is 21.9. The summed E-state index contributed by atoms with van der Waals surface area (Å²) in [4.78, 5) is 23.4. The molecule has 1 saturated heterocycles. The fourth-order valence-corrected chi connectivity index (χ4v) is 4.85. The summed E-state index contributed by atoms with van der Waals surface area (Å²) in [5.74, 6) is 0.785. The molecular formula is C27H27BrN4O. The van der Waals surface area contributed by atoms with Gasteiger partial charge in [-0.15, -0.1) is 0 Å². The van der Waals surface area contributed by atoms with Gasteiger partial charge in [-0.25, -0.2) is 4.98 Å². The van der Waals surface area contributed by atoms with E-state index < -0.39 is 0 Å². The fourth-order valence-electron chi connectivity index (χ4n) is 4.49. The lowest BCUT2D eigenvalue weighted by Gasteiger charge is -2.36. The molecular weight excluding hydrogens is 476 g/mol. The van der Waals surface area contributed by atoms with Crippen molar-refractivity contribution < 1.29 is 0 Å². The van der Waals surface area contributed by atoms with Crippen LogP contribution < -0.4 is 10.5 Å². The minimum Gasteiger partial charge on any atom is -0.369 e. The Labute approximate surface area is 202 Å². The average molecular weight is 503 g/mol. The number of piperazine rings is 1. The molecule has 2 heterocycles. The average Bonchev–Trinajstić information content (AvgIpc) is 2.82. The summed E-state index contributed by atoms with van der Waals surface area (Å²) >= 11 is 3.50. The Morgan fingerprint density at radius 1 is 0.909 bits per heavy atom. The fraction of sp³-hybridized carbons (Fsp3) is 0.259. The van der Waals surface area contributed by atoms with Gasteiger partial charge in [0.1, 0.15) is 5.82 Å². The Kier molecular flexibility index (Phi) is 6.04. The number of fused-ring (bicyclic) bond motifs is 1. The van der Waals surface area contributed by atoms with Gasteiger partial charge in [0.2, 0.25) is 0 Å². The Morgan fingerprint density at radius 2 is 1.64 bits per heavy atom. The van der Waals surface area contributed by atoms with Crippen molar-refractivity contribution in [3.63, 3.8) is 0 Å². The zero-order valence-electron chi connectivity index (χ0n) is 19.0. The van der Waals surface area contributed by atoms with Crippen LogP contribution in [0.25, 0.3) is 16.6 Å². The predicted molar refractivity (Wildman–Crippen MR) is 138 cm³/mol. The summed E-state index contributed by atoms with van der Waals surface area (Å²) in [6, 6.07) is 22.5. The van der Waals surface area contributed by atoms with Gasteiger partial charge in [-0.3, -0.25) is 14.3 Å². The summed E-state index contributed by atoms with van der Waals surface area (Å²) in [6.45, 7) is 8.56. The maximum absolute atomic E-state index is 13.6. The molecule has 6 heteroatoms. The van der Waals surface area contributed by atoms with E-state index >= 15 is 0 Å². The number of anilines is 1. The highest BCUT2D eigenvalue weighted by atomic mass is 79.9. The summed E-state index contributed by atoms with van der Waals surface area (Å²) < 4.78 is 2.68. The number of para-hydroxylation sites is 1. The van der Waals surface area contributed by atoms with E-state index in [0.29, 0.717) is 11.9 Å². The molecule has 0 unspecified atom stereocenters. The Balaban J connectivity index is 1.47. The molecule has 0 atom stereocenters. The number of aromatic nitrogens is 2. The second-order valence-electron chi connectivity index (χ2n) is 8.72. The van der Waals surface area contributed by atoms with Crippen molar-refractivity contribution in [2.75, 3.05) is 31.1 Å². The van der Waals surface area contributed by atoms with Gasteiger partial charge in [0.25, 0.3) is 5.56 Å². The van der Waals surface area contributed by atoms with Crippen LogP contribution in [0, 0.1) is 13.8 Å². The van der Waals surface area contributed by atoms with Crippen LogP contribution in [-0.4, -0.2) is 40.6 Å². The molecule has 0 radical (unpaired) electrons. The van der Waals surface area contributed by atoms with E-state index in [9.17, 15) is 4.79 Å². The van der Waals surface area contributed by atoms with Gasteiger partial charge in [-0.1, -0.05) is 51.8 Å². The first-order valence-corrected chi connectivity index (χ1v) is 12.1. The first-order chi connectivity index (χ1) is 16.0. The number of rotatable bonds is 4. The van der Waals surface area contributed by atoms with Gasteiger partial charge >= 0.3 is 0 Å².